The summed E-state index contributed by atoms with van der Waals surface area (Å²) in [6.07, 6.45) is 0.375. The fourth-order valence-electron chi connectivity index (χ4n) is 7.02. The van der Waals surface area contributed by atoms with Gasteiger partial charge in [0.1, 0.15) is 28.8 Å². The molecule has 12 heteroatoms. The third-order valence-electron chi connectivity index (χ3n) is 9.83. The first kappa shape index (κ1) is 42.2. The topological polar surface area (TPSA) is 140 Å². The monoisotopic (exact) mass is 835 g/mol. The molecular weight excluding hydrogens is 791 g/mol. The summed E-state index contributed by atoms with van der Waals surface area (Å²) in [4.78, 5) is 70.5. The van der Waals surface area contributed by atoms with Gasteiger partial charge in [-0.1, -0.05) is 152 Å². The molecule has 0 aliphatic carbocycles. The Morgan fingerprint density at radius 3 is 1.57 bits per heavy atom. The predicted octanol–water partition coefficient (Wildman–Crippen LogP) is 8.13. The summed E-state index contributed by atoms with van der Waals surface area (Å²) in [6.45, 7) is 5.13. The Morgan fingerprint density at radius 2 is 1.11 bits per heavy atom. The van der Waals surface area contributed by atoms with E-state index < -0.39 is 65.1 Å². The zero-order chi connectivity index (χ0) is 42.9. The summed E-state index contributed by atoms with van der Waals surface area (Å²) in [6, 6.07) is 43.6. The van der Waals surface area contributed by atoms with E-state index in [1.54, 1.807) is 51.1 Å². The molecule has 2 heterocycles. The number of rotatable bonds is 13. The number of carbonyl (C=O) groups excluding carboxylic acids is 5. The highest BCUT2D eigenvalue weighted by Gasteiger charge is 2.55. The van der Waals surface area contributed by atoms with Crippen molar-refractivity contribution in [3.05, 3.63) is 203 Å². The van der Waals surface area contributed by atoms with Crippen LogP contribution in [-0.4, -0.2) is 57.5 Å². The summed E-state index contributed by atoms with van der Waals surface area (Å²) in [5.74, 6) is -2.50. The van der Waals surface area contributed by atoms with Crippen molar-refractivity contribution >= 4 is 41.6 Å². The Hall–Kier alpha value is -6.92. The molecule has 0 aromatic heterocycles. The highest BCUT2D eigenvalue weighted by atomic mass is 32.2. The second-order valence-corrected chi connectivity index (χ2v) is 16.4. The second kappa shape index (κ2) is 19.0. The normalized spacial score (nSPS) is 16.7. The summed E-state index contributed by atoms with van der Waals surface area (Å²) in [5.41, 5.74) is 2.92. The lowest BCUT2D eigenvalue weighted by atomic mass is 9.99. The van der Waals surface area contributed by atoms with E-state index in [1.165, 1.54) is 28.8 Å². The third-order valence-corrected chi connectivity index (χ3v) is 11.1. The molecule has 61 heavy (non-hydrogen) atoms. The molecule has 1 fully saturated rings. The van der Waals surface area contributed by atoms with E-state index in [0.717, 1.165) is 11.1 Å². The SMILES string of the molecule is CC(C)(C)OC(=O)NC(C(=O)N[C@@H]1C(=O)N2C(C(=O)OC(c3ccccc3)c3ccccc3)=C(/C=C/C(=O)OC(c3ccccc3)c3ccccc3)CS[C@H]12)c1ccccc1. The number of carbonyl (C=O) groups is 5. The van der Waals surface area contributed by atoms with Crippen LogP contribution in [0.5, 0.6) is 0 Å². The lowest BCUT2D eigenvalue weighted by molar-refractivity contribution is -0.154. The van der Waals surface area contributed by atoms with Gasteiger partial charge >= 0.3 is 18.0 Å². The molecule has 0 radical (unpaired) electrons. The number of alkyl carbamates (subject to hydrolysis) is 1. The number of thioether (sulfide) groups is 1. The molecule has 5 aromatic rings. The van der Waals surface area contributed by atoms with Crippen molar-refractivity contribution in [2.75, 3.05) is 5.75 Å². The molecule has 1 unspecified atom stereocenters. The molecule has 7 rings (SSSR count). The van der Waals surface area contributed by atoms with Crippen molar-refractivity contribution in [1.82, 2.24) is 15.5 Å². The van der Waals surface area contributed by atoms with Crippen molar-refractivity contribution in [2.24, 2.45) is 0 Å². The number of amides is 3. The van der Waals surface area contributed by atoms with Crippen molar-refractivity contribution in [3.8, 4) is 0 Å². The standard InChI is InChI=1S/C49H45N3O8S/c1-49(2,3)60-48(57)51-39(32-19-9-4-10-20-32)44(54)50-40-45(55)52-41(47(56)59-43(35-25-15-7-16-26-35)36-27-17-8-18-28-36)37(31-61-46(40)52)29-30-38(53)58-42(33-21-11-5-12-22-33)34-23-13-6-14-24-34/h4-30,39-40,42-43,46H,31H2,1-3H3,(H,50,54)(H,51,57)/b30-29+/t39?,40-,46-/m1/s1. The molecule has 0 spiro atoms. The van der Waals surface area contributed by atoms with Crippen LogP contribution >= 0.6 is 11.8 Å². The molecule has 3 amide bonds. The summed E-state index contributed by atoms with van der Waals surface area (Å²) >= 11 is 1.31. The second-order valence-electron chi connectivity index (χ2n) is 15.3. The fraction of sp³-hybridized carbons (Fsp3) is 0.204. The molecule has 2 N–H and O–H groups in total. The predicted molar refractivity (Wildman–Crippen MR) is 231 cm³/mol. The van der Waals surface area contributed by atoms with Gasteiger partial charge in [-0.15, -0.1) is 11.8 Å². The largest absolute Gasteiger partial charge is 0.449 e. The van der Waals surface area contributed by atoms with Crippen molar-refractivity contribution in [2.45, 2.75) is 56.0 Å². The number of β-lactam (4-membered cyclic amide) rings is 1. The lowest BCUT2D eigenvalue weighted by Crippen LogP contribution is -2.71. The van der Waals surface area contributed by atoms with Gasteiger partial charge in [0.25, 0.3) is 5.91 Å². The molecular formula is C49H45N3O8S. The van der Waals surface area contributed by atoms with E-state index in [9.17, 15) is 24.0 Å². The average Bonchev–Trinajstić information content (AvgIpc) is 3.28. The van der Waals surface area contributed by atoms with Gasteiger partial charge in [0, 0.05) is 11.8 Å². The van der Waals surface area contributed by atoms with Gasteiger partial charge in [0.15, 0.2) is 12.2 Å². The number of ether oxygens (including phenoxy) is 3. The Kier molecular flexibility index (Phi) is 13.1. The van der Waals surface area contributed by atoms with Crippen LogP contribution in [0, 0.1) is 0 Å². The maximum absolute atomic E-state index is 14.6. The van der Waals surface area contributed by atoms with Gasteiger partial charge < -0.3 is 24.8 Å². The molecule has 1 saturated heterocycles. The number of hydrogen-bond acceptors (Lipinski definition) is 9. The molecule has 11 nitrogen and oxygen atoms in total. The van der Waals surface area contributed by atoms with Gasteiger partial charge in [-0.05, 0) is 60.2 Å². The Morgan fingerprint density at radius 1 is 0.672 bits per heavy atom. The number of benzene rings is 5. The highest BCUT2D eigenvalue weighted by Crippen LogP contribution is 2.42. The average molecular weight is 836 g/mol. The zero-order valence-electron chi connectivity index (χ0n) is 33.8. The summed E-state index contributed by atoms with van der Waals surface area (Å²) in [7, 11) is 0. The minimum Gasteiger partial charge on any atom is -0.449 e. The van der Waals surface area contributed by atoms with E-state index in [2.05, 4.69) is 10.6 Å². The maximum Gasteiger partial charge on any atom is 0.408 e. The van der Waals surface area contributed by atoms with E-state index in [1.807, 2.05) is 121 Å². The first-order valence-electron chi connectivity index (χ1n) is 19.8. The van der Waals surface area contributed by atoms with Gasteiger partial charge in [-0.2, -0.15) is 0 Å². The van der Waals surface area contributed by atoms with E-state index >= 15 is 0 Å². The van der Waals surface area contributed by atoms with Crippen LogP contribution in [0.4, 0.5) is 4.79 Å². The molecule has 0 bridgehead atoms. The smallest absolute Gasteiger partial charge is 0.408 e. The minimum absolute atomic E-state index is 0.0608. The maximum atomic E-state index is 14.6. The van der Waals surface area contributed by atoms with Gasteiger partial charge in [0.2, 0.25) is 5.91 Å². The number of fused-ring (bicyclic) bond motifs is 1. The highest BCUT2D eigenvalue weighted by molar-refractivity contribution is 8.00. The molecule has 2 aliphatic heterocycles. The quantitative estimate of drug-likeness (QED) is 0.0521. The Bertz CT molecular complexity index is 2330. The van der Waals surface area contributed by atoms with E-state index in [-0.39, 0.29) is 11.4 Å². The molecule has 2 aliphatic rings. The molecule has 5 aromatic carbocycles. The van der Waals surface area contributed by atoms with E-state index in [0.29, 0.717) is 22.3 Å². The van der Waals surface area contributed by atoms with E-state index in [4.69, 9.17) is 14.2 Å². The molecule has 310 valence electrons. The molecule has 0 saturated carbocycles. The van der Waals surface area contributed by atoms with Crippen LogP contribution in [0.1, 0.15) is 66.8 Å². The van der Waals surface area contributed by atoms with Crippen LogP contribution in [0.15, 0.2) is 175 Å². The van der Waals surface area contributed by atoms with Crippen molar-refractivity contribution < 1.29 is 38.2 Å². The Labute approximate surface area is 358 Å². The number of nitrogens with one attached hydrogen (secondary N) is 2. The molecule has 3 atom stereocenters. The third kappa shape index (κ3) is 10.3. The van der Waals surface area contributed by atoms with Gasteiger partial charge in [0.05, 0.1) is 0 Å². The van der Waals surface area contributed by atoms with Crippen LogP contribution < -0.4 is 10.6 Å². The van der Waals surface area contributed by atoms with Crippen molar-refractivity contribution in [1.29, 1.82) is 0 Å². The number of allylic oxidation sites excluding steroid dienone is 1. The fourth-order valence-corrected chi connectivity index (χ4v) is 8.34. The number of esters is 2. The van der Waals surface area contributed by atoms with Crippen LogP contribution in [0.2, 0.25) is 0 Å². The first-order chi connectivity index (χ1) is 29.5. The zero-order valence-corrected chi connectivity index (χ0v) is 34.6. The summed E-state index contributed by atoms with van der Waals surface area (Å²) < 4.78 is 17.7. The van der Waals surface area contributed by atoms with Crippen LogP contribution in [0.3, 0.4) is 0 Å². The van der Waals surface area contributed by atoms with Gasteiger partial charge in [-0.3, -0.25) is 14.5 Å². The van der Waals surface area contributed by atoms with Crippen LogP contribution in [-0.2, 0) is 33.4 Å². The lowest BCUT2D eigenvalue weighted by Gasteiger charge is -2.49. The first-order valence-corrected chi connectivity index (χ1v) is 20.8. The number of nitrogens with zero attached hydrogens (tertiary/aromatic N) is 1. The summed E-state index contributed by atoms with van der Waals surface area (Å²) in [5, 5.41) is 4.74. The van der Waals surface area contributed by atoms with Gasteiger partial charge in [-0.25, -0.2) is 14.4 Å². The Balaban J connectivity index is 1.18. The van der Waals surface area contributed by atoms with Crippen molar-refractivity contribution in [3.63, 3.8) is 0 Å². The minimum atomic E-state index is -1.19. The van der Waals surface area contributed by atoms with Crippen LogP contribution in [0.25, 0.3) is 0 Å². The number of hydrogen-bond donors (Lipinski definition) is 2.